The normalized spacial score (nSPS) is 18.6. The van der Waals surface area contributed by atoms with Crippen molar-refractivity contribution in [1.29, 1.82) is 0 Å². The lowest BCUT2D eigenvalue weighted by molar-refractivity contribution is 0.411. The topological polar surface area (TPSA) is 26.0 Å². The van der Waals surface area contributed by atoms with E-state index in [0.717, 1.165) is 23.7 Å². The van der Waals surface area contributed by atoms with Gasteiger partial charge in [-0.1, -0.05) is 42.8 Å². The number of rotatable bonds is 2. The molecule has 0 spiro atoms. The third kappa shape index (κ3) is 2.86. The first-order chi connectivity index (χ1) is 7.28. The Hall–Kier alpha value is -0.340. The van der Waals surface area contributed by atoms with E-state index in [9.17, 15) is 0 Å². The summed E-state index contributed by atoms with van der Waals surface area (Å²) in [6.45, 7) is 6.80. The Morgan fingerprint density at radius 2 is 1.88 bits per heavy atom. The van der Waals surface area contributed by atoms with Crippen LogP contribution in [0.25, 0.3) is 0 Å². The molecule has 16 heavy (non-hydrogen) atoms. The summed E-state index contributed by atoms with van der Waals surface area (Å²) < 4.78 is 1.15. The maximum Gasteiger partial charge on any atom is 0.0411 e. The van der Waals surface area contributed by atoms with Crippen LogP contribution in [0.2, 0.25) is 0 Å². The van der Waals surface area contributed by atoms with Gasteiger partial charge in [-0.05, 0) is 47.9 Å². The van der Waals surface area contributed by atoms with Gasteiger partial charge in [0.15, 0.2) is 0 Å². The van der Waals surface area contributed by atoms with E-state index in [1.165, 1.54) is 11.1 Å². The van der Waals surface area contributed by atoms with Crippen molar-refractivity contribution < 1.29 is 0 Å². The molecule has 0 heterocycles. The van der Waals surface area contributed by atoms with Gasteiger partial charge in [-0.2, -0.15) is 0 Å². The van der Waals surface area contributed by atoms with E-state index in [1.54, 1.807) is 0 Å². The lowest BCUT2D eigenvalue weighted by Crippen LogP contribution is -2.19. The summed E-state index contributed by atoms with van der Waals surface area (Å²) in [5.74, 6) is 0. The number of nitrogens with two attached hydrogens (primary N) is 1. The van der Waals surface area contributed by atoms with Crippen molar-refractivity contribution in [2.75, 3.05) is 0 Å². The monoisotopic (exact) mass is 281 g/mol. The van der Waals surface area contributed by atoms with E-state index in [4.69, 9.17) is 5.73 Å². The summed E-state index contributed by atoms with van der Waals surface area (Å²) in [6.07, 6.45) is 3.34. The van der Waals surface area contributed by atoms with Crippen molar-refractivity contribution >= 4 is 15.9 Å². The minimum Gasteiger partial charge on any atom is -0.321 e. The van der Waals surface area contributed by atoms with Crippen LogP contribution in [0.4, 0.5) is 0 Å². The molecule has 88 valence electrons. The quantitative estimate of drug-likeness (QED) is 0.872. The SMILES string of the molecule is CC(C)(C)Cc1cc(Br)cc(C2(N)CC2)c1. The largest absolute Gasteiger partial charge is 0.321 e. The van der Waals surface area contributed by atoms with E-state index < -0.39 is 0 Å². The highest BCUT2D eigenvalue weighted by Crippen LogP contribution is 2.43. The molecule has 0 bridgehead atoms. The molecule has 1 aliphatic rings. The molecular weight excluding hydrogens is 262 g/mol. The minimum atomic E-state index is -0.0313. The Kier molecular flexibility index (Phi) is 2.92. The second-order valence-corrected chi connectivity index (χ2v) is 7.16. The van der Waals surface area contributed by atoms with Crippen LogP contribution in [0, 0.1) is 5.41 Å². The molecule has 0 unspecified atom stereocenters. The zero-order chi connectivity index (χ0) is 12.0. The predicted molar refractivity (Wildman–Crippen MR) is 72.4 cm³/mol. The highest BCUT2D eigenvalue weighted by molar-refractivity contribution is 9.10. The average molecular weight is 282 g/mol. The molecule has 2 rings (SSSR count). The van der Waals surface area contributed by atoms with E-state index in [1.807, 2.05) is 0 Å². The highest BCUT2D eigenvalue weighted by atomic mass is 79.9. The predicted octanol–water partition coefficient (Wildman–Crippen LogP) is 3.99. The standard InChI is InChI=1S/C14H20BrN/c1-13(2,3)9-10-6-11(8-12(15)7-10)14(16)4-5-14/h6-8H,4-5,9,16H2,1-3H3. The van der Waals surface area contributed by atoms with Gasteiger partial charge in [0.2, 0.25) is 0 Å². The van der Waals surface area contributed by atoms with Crippen molar-refractivity contribution in [3.8, 4) is 0 Å². The van der Waals surface area contributed by atoms with Gasteiger partial charge in [0.05, 0.1) is 0 Å². The van der Waals surface area contributed by atoms with Crippen molar-refractivity contribution in [2.24, 2.45) is 11.1 Å². The Morgan fingerprint density at radius 3 is 2.38 bits per heavy atom. The van der Waals surface area contributed by atoms with Gasteiger partial charge >= 0.3 is 0 Å². The Balaban J connectivity index is 2.29. The number of benzene rings is 1. The van der Waals surface area contributed by atoms with Gasteiger partial charge in [-0.3, -0.25) is 0 Å². The molecule has 1 aromatic rings. The molecule has 1 aromatic carbocycles. The van der Waals surface area contributed by atoms with Crippen LogP contribution in [0.3, 0.4) is 0 Å². The average Bonchev–Trinajstić information content (AvgIpc) is 2.80. The van der Waals surface area contributed by atoms with Crippen LogP contribution in [0.1, 0.15) is 44.7 Å². The number of hydrogen-bond donors (Lipinski definition) is 1. The van der Waals surface area contributed by atoms with Crippen LogP contribution in [0.15, 0.2) is 22.7 Å². The molecule has 1 saturated carbocycles. The maximum absolute atomic E-state index is 6.25. The molecule has 0 aliphatic heterocycles. The fraction of sp³-hybridized carbons (Fsp3) is 0.571. The van der Waals surface area contributed by atoms with Crippen LogP contribution < -0.4 is 5.73 Å². The highest BCUT2D eigenvalue weighted by Gasteiger charge is 2.40. The third-order valence-corrected chi connectivity index (χ3v) is 3.51. The minimum absolute atomic E-state index is 0.0313. The zero-order valence-corrected chi connectivity index (χ0v) is 11.9. The van der Waals surface area contributed by atoms with Crippen molar-refractivity contribution in [3.63, 3.8) is 0 Å². The van der Waals surface area contributed by atoms with E-state index >= 15 is 0 Å². The molecule has 1 fully saturated rings. The molecule has 0 atom stereocenters. The summed E-state index contributed by atoms with van der Waals surface area (Å²) >= 11 is 3.59. The third-order valence-electron chi connectivity index (χ3n) is 3.06. The first kappa shape index (κ1) is 12.1. The van der Waals surface area contributed by atoms with Gasteiger partial charge < -0.3 is 5.73 Å². The van der Waals surface area contributed by atoms with Gasteiger partial charge in [-0.15, -0.1) is 0 Å². The molecule has 0 aromatic heterocycles. The molecule has 2 N–H and O–H groups in total. The number of hydrogen-bond acceptors (Lipinski definition) is 1. The van der Waals surface area contributed by atoms with Crippen molar-refractivity contribution in [3.05, 3.63) is 33.8 Å². The van der Waals surface area contributed by atoms with E-state index in [0.29, 0.717) is 5.41 Å². The van der Waals surface area contributed by atoms with E-state index in [-0.39, 0.29) is 5.54 Å². The molecule has 0 amide bonds. The maximum atomic E-state index is 6.25. The fourth-order valence-electron chi connectivity index (χ4n) is 2.08. The Labute approximate surface area is 107 Å². The molecule has 0 radical (unpaired) electrons. The molecule has 1 aliphatic carbocycles. The van der Waals surface area contributed by atoms with Crippen LogP contribution in [0.5, 0.6) is 0 Å². The lowest BCUT2D eigenvalue weighted by atomic mass is 9.87. The van der Waals surface area contributed by atoms with E-state index in [2.05, 4.69) is 54.9 Å². The zero-order valence-electron chi connectivity index (χ0n) is 10.3. The second kappa shape index (κ2) is 3.85. The van der Waals surface area contributed by atoms with Crippen LogP contribution in [-0.4, -0.2) is 0 Å². The van der Waals surface area contributed by atoms with Gasteiger partial charge in [0, 0.05) is 10.0 Å². The first-order valence-electron chi connectivity index (χ1n) is 5.87. The lowest BCUT2D eigenvalue weighted by Gasteiger charge is -2.20. The molecular formula is C14H20BrN. The van der Waals surface area contributed by atoms with Crippen molar-refractivity contribution in [1.82, 2.24) is 0 Å². The number of halogens is 1. The van der Waals surface area contributed by atoms with Crippen LogP contribution >= 0.6 is 15.9 Å². The summed E-state index contributed by atoms with van der Waals surface area (Å²) in [6, 6.07) is 6.66. The van der Waals surface area contributed by atoms with Crippen molar-refractivity contribution in [2.45, 2.75) is 45.6 Å². The van der Waals surface area contributed by atoms with Gasteiger partial charge in [-0.25, -0.2) is 0 Å². The van der Waals surface area contributed by atoms with Crippen LogP contribution in [-0.2, 0) is 12.0 Å². The summed E-state index contributed by atoms with van der Waals surface area (Å²) in [5.41, 5.74) is 9.22. The summed E-state index contributed by atoms with van der Waals surface area (Å²) in [5, 5.41) is 0. The summed E-state index contributed by atoms with van der Waals surface area (Å²) in [4.78, 5) is 0. The molecule has 0 saturated heterocycles. The van der Waals surface area contributed by atoms with Gasteiger partial charge in [0.25, 0.3) is 0 Å². The summed E-state index contributed by atoms with van der Waals surface area (Å²) in [7, 11) is 0. The van der Waals surface area contributed by atoms with Gasteiger partial charge in [0.1, 0.15) is 0 Å². The second-order valence-electron chi connectivity index (χ2n) is 6.24. The fourth-order valence-corrected chi connectivity index (χ4v) is 2.62. The smallest absolute Gasteiger partial charge is 0.0411 e. The molecule has 1 nitrogen and oxygen atoms in total. The molecule has 2 heteroatoms. The first-order valence-corrected chi connectivity index (χ1v) is 6.67. The Bertz CT molecular complexity index is 400. The Morgan fingerprint density at radius 1 is 1.25 bits per heavy atom.